The normalized spacial score (nSPS) is 15.9. The Labute approximate surface area is 68.0 Å². The minimum absolute atomic E-state index is 0.682. The highest BCUT2D eigenvalue weighted by Crippen LogP contribution is 2.23. The smallest absolute Gasteiger partial charge is 0.0228 e. The molecule has 11 heavy (non-hydrogen) atoms. The van der Waals surface area contributed by atoms with E-state index in [9.17, 15) is 0 Å². The number of rotatable bonds is 1. The van der Waals surface area contributed by atoms with E-state index in [4.69, 9.17) is 0 Å². The topological polar surface area (TPSA) is 4.93 Å². The zero-order valence-electron chi connectivity index (χ0n) is 7.30. The van der Waals surface area contributed by atoms with Gasteiger partial charge in [-0.15, -0.1) is 0 Å². The third kappa shape index (κ3) is 0.991. The quantitative estimate of drug-likeness (QED) is 0.578. The number of aromatic nitrogens is 1. The maximum Gasteiger partial charge on any atom is 0.0228 e. The maximum atomic E-state index is 2.48. The molecule has 0 N–H and O–H groups in total. The van der Waals surface area contributed by atoms with Gasteiger partial charge in [-0.05, 0) is 30.9 Å². The average molecular weight is 149 g/mol. The molecule has 2 rings (SSSR count). The first kappa shape index (κ1) is 6.96. The van der Waals surface area contributed by atoms with E-state index in [-0.39, 0.29) is 0 Å². The summed E-state index contributed by atoms with van der Waals surface area (Å²) in [6.45, 7) is 5.78. The molecule has 0 saturated carbocycles. The van der Waals surface area contributed by atoms with Gasteiger partial charge in [0.05, 0.1) is 0 Å². The fourth-order valence-corrected chi connectivity index (χ4v) is 1.94. The van der Waals surface area contributed by atoms with E-state index in [1.807, 2.05) is 0 Å². The van der Waals surface area contributed by atoms with Crippen molar-refractivity contribution in [2.75, 3.05) is 0 Å². The van der Waals surface area contributed by atoms with Crippen LogP contribution in [0.2, 0.25) is 0 Å². The second-order valence-electron chi connectivity index (χ2n) is 3.66. The number of hydrogen-bond donors (Lipinski definition) is 0. The van der Waals surface area contributed by atoms with Gasteiger partial charge in [-0.1, -0.05) is 13.8 Å². The van der Waals surface area contributed by atoms with Crippen LogP contribution in [-0.4, -0.2) is 4.57 Å². The van der Waals surface area contributed by atoms with Crippen molar-refractivity contribution in [1.29, 1.82) is 0 Å². The molecule has 0 aliphatic carbocycles. The molecule has 2 heterocycles. The summed E-state index contributed by atoms with van der Waals surface area (Å²) in [5.74, 6) is 0.682. The Morgan fingerprint density at radius 1 is 1.36 bits per heavy atom. The highest BCUT2D eigenvalue weighted by atomic mass is 15.0. The molecule has 1 aromatic heterocycles. The number of aryl methyl sites for hydroxylation is 1. The predicted molar refractivity (Wildman–Crippen MR) is 46.8 cm³/mol. The fraction of sp³-hybridized carbons (Fsp3) is 0.600. The lowest BCUT2D eigenvalue weighted by molar-refractivity contribution is 0.670. The Morgan fingerprint density at radius 3 is 2.91 bits per heavy atom. The second-order valence-corrected chi connectivity index (χ2v) is 3.66. The molecule has 0 amide bonds. The van der Waals surface area contributed by atoms with Crippen LogP contribution in [0.25, 0.3) is 0 Å². The van der Waals surface area contributed by atoms with Gasteiger partial charge in [-0.3, -0.25) is 0 Å². The van der Waals surface area contributed by atoms with Crippen LogP contribution < -0.4 is 0 Å². The molecule has 1 aliphatic rings. The van der Waals surface area contributed by atoms with Crippen LogP contribution in [-0.2, 0) is 13.0 Å². The summed E-state index contributed by atoms with van der Waals surface area (Å²) in [6.07, 6.45) is 2.63. The predicted octanol–water partition coefficient (Wildman–Crippen LogP) is 2.56. The first-order valence-corrected chi connectivity index (χ1v) is 4.47. The monoisotopic (exact) mass is 149 g/mol. The van der Waals surface area contributed by atoms with E-state index in [0.29, 0.717) is 5.92 Å². The van der Waals surface area contributed by atoms with Crippen LogP contribution in [0.5, 0.6) is 0 Å². The molecule has 60 valence electrons. The van der Waals surface area contributed by atoms with Crippen LogP contribution in [0.4, 0.5) is 0 Å². The standard InChI is InChI=1S/C10H15N/c1-8(2)10-6-5-9-4-3-7-11(9)10/h5-6,8H,3-4,7H2,1-2H3. The van der Waals surface area contributed by atoms with Gasteiger partial charge < -0.3 is 4.57 Å². The summed E-state index contributed by atoms with van der Waals surface area (Å²) in [5, 5.41) is 0. The van der Waals surface area contributed by atoms with Crippen molar-refractivity contribution in [3.63, 3.8) is 0 Å². The van der Waals surface area contributed by atoms with Crippen molar-refractivity contribution >= 4 is 0 Å². The molecule has 0 spiro atoms. The van der Waals surface area contributed by atoms with E-state index >= 15 is 0 Å². The van der Waals surface area contributed by atoms with E-state index in [1.165, 1.54) is 30.8 Å². The molecule has 1 heteroatoms. The van der Waals surface area contributed by atoms with E-state index in [2.05, 4.69) is 30.5 Å². The minimum atomic E-state index is 0.682. The maximum absolute atomic E-state index is 2.48. The molecule has 0 aromatic carbocycles. The molecule has 0 atom stereocenters. The molecule has 1 aliphatic heterocycles. The summed E-state index contributed by atoms with van der Waals surface area (Å²) in [5.41, 5.74) is 3.05. The molecule has 0 saturated heterocycles. The van der Waals surface area contributed by atoms with E-state index < -0.39 is 0 Å². The molecule has 1 aromatic rings. The number of fused-ring (bicyclic) bond motifs is 1. The zero-order chi connectivity index (χ0) is 7.84. The summed E-state index contributed by atoms with van der Waals surface area (Å²) in [6, 6.07) is 4.56. The van der Waals surface area contributed by atoms with Gasteiger partial charge in [0.1, 0.15) is 0 Å². The SMILES string of the molecule is CC(C)c1ccc2n1CCC2. The van der Waals surface area contributed by atoms with Gasteiger partial charge in [0.2, 0.25) is 0 Å². The van der Waals surface area contributed by atoms with Crippen LogP contribution >= 0.6 is 0 Å². The van der Waals surface area contributed by atoms with Gasteiger partial charge in [0.25, 0.3) is 0 Å². The van der Waals surface area contributed by atoms with Gasteiger partial charge >= 0.3 is 0 Å². The first-order valence-electron chi connectivity index (χ1n) is 4.47. The van der Waals surface area contributed by atoms with Crippen molar-refractivity contribution in [2.24, 2.45) is 0 Å². The van der Waals surface area contributed by atoms with Gasteiger partial charge in [0.15, 0.2) is 0 Å². The molecule has 0 fully saturated rings. The largest absolute Gasteiger partial charge is 0.348 e. The molecule has 1 nitrogen and oxygen atoms in total. The number of nitrogens with zero attached hydrogens (tertiary/aromatic N) is 1. The molecule has 0 unspecified atom stereocenters. The number of hydrogen-bond acceptors (Lipinski definition) is 0. The fourth-order valence-electron chi connectivity index (χ4n) is 1.94. The zero-order valence-corrected chi connectivity index (χ0v) is 7.30. The Balaban J connectivity index is 2.42. The molecular formula is C10H15N. The van der Waals surface area contributed by atoms with Gasteiger partial charge in [-0.2, -0.15) is 0 Å². The Kier molecular flexibility index (Phi) is 1.52. The van der Waals surface area contributed by atoms with Crippen molar-refractivity contribution in [3.05, 3.63) is 23.5 Å². The second kappa shape index (κ2) is 2.40. The van der Waals surface area contributed by atoms with Crippen LogP contribution in [0, 0.1) is 0 Å². The summed E-state index contributed by atoms with van der Waals surface area (Å²) < 4.78 is 2.48. The van der Waals surface area contributed by atoms with Gasteiger partial charge in [0, 0.05) is 17.9 Å². The third-order valence-electron chi connectivity index (χ3n) is 2.51. The highest BCUT2D eigenvalue weighted by molar-refractivity contribution is 5.21. The third-order valence-corrected chi connectivity index (χ3v) is 2.51. The lowest BCUT2D eigenvalue weighted by Gasteiger charge is -2.08. The summed E-state index contributed by atoms with van der Waals surface area (Å²) in [7, 11) is 0. The van der Waals surface area contributed by atoms with Gasteiger partial charge in [-0.25, -0.2) is 0 Å². The first-order chi connectivity index (χ1) is 5.29. The van der Waals surface area contributed by atoms with Crippen molar-refractivity contribution in [2.45, 2.75) is 39.2 Å². The lowest BCUT2D eigenvalue weighted by atomic mass is 10.1. The van der Waals surface area contributed by atoms with Crippen LogP contribution in [0.3, 0.4) is 0 Å². The van der Waals surface area contributed by atoms with E-state index in [1.54, 1.807) is 0 Å². The van der Waals surface area contributed by atoms with Crippen molar-refractivity contribution in [3.8, 4) is 0 Å². The average Bonchev–Trinajstić information content (AvgIpc) is 2.41. The lowest BCUT2D eigenvalue weighted by Crippen LogP contribution is -2.00. The molecule has 0 bridgehead atoms. The van der Waals surface area contributed by atoms with Crippen LogP contribution in [0.15, 0.2) is 12.1 Å². The Morgan fingerprint density at radius 2 is 2.18 bits per heavy atom. The highest BCUT2D eigenvalue weighted by Gasteiger charge is 2.14. The Hall–Kier alpha value is -0.720. The van der Waals surface area contributed by atoms with Crippen molar-refractivity contribution in [1.82, 2.24) is 4.57 Å². The Bertz CT molecular complexity index is 258. The van der Waals surface area contributed by atoms with Crippen molar-refractivity contribution < 1.29 is 0 Å². The summed E-state index contributed by atoms with van der Waals surface area (Å²) in [4.78, 5) is 0. The minimum Gasteiger partial charge on any atom is -0.348 e. The van der Waals surface area contributed by atoms with E-state index in [0.717, 1.165) is 0 Å². The van der Waals surface area contributed by atoms with Crippen LogP contribution in [0.1, 0.15) is 37.6 Å². The molecular weight excluding hydrogens is 134 g/mol. The summed E-state index contributed by atoms with van der Waals surface area (Å²) >= 11 is 0. The molecule has 0 radical (unpaired) electrons.